The van der Waals surface area contributed by atoms with Gasteiger partial charge in [0.05, 0.1) is 12.5 Å². The Kier molecular flexibility index (Phi) is 5.43. The lowest BCUT2D eigenvalue weighted by Gasteiger charge is -2.16. The van der Waals surface area contributed by atoms with E-state index in [4.69, 9.17) is 28.3 Å². The van der Waals surface area contributed by atoms with Crippen LogP contribution in [0.4, 0.5) is 0 Å². The molecule has 20 heavy (non-hydrogen) atoms. The van der Waals surface area contributed by atoms with Crippen molar-refractivity contribution >= 4 is 40.5 Å². The van der Waals surface area contributed by atoms with Crippen molar-refractivity contribution in [2.45, 2.75) is 19.0 Å². The molecule has 1 aromatic carbocycles. The number of rotatable bonds is 6. The van der Waals surface area contributed by atoms with E-state index >= 15 is 0 Å². The van der Waals surface area contributed by atoms with Gasteiger partial charge in [0.25, 0.3) is 0 Å². The fraction of sp³-hybridized carbons (Fsp3) is 0.214. The highest BCUT2D eigenvalue weighted by atomic mass is 35.5. The van der Waals surface area contributed by atoms with Crippen molar-refractivity contribution < 1.29 is 9.90 Å². The molecule has 1 heterocycles. The topological polar surface area (TPSA) is 49.3 Å². The molecule has 0 spiro atoms. The van der Waals surface area contributed by atoms with Gasteiger partial charge in [-0.05, 0) is 29.1 Å². The maximum absolute atomic E-state index is 10.9. The lowest BCUT2D eigenvalue weighted by molar-refractivity contribution is -0.137. The van der Waals surface area contributed by atoms with Crippen LogP contribution in [-0.4, -0.2) is 11.1 Å². The molecule has 1 aromatic heterocycles. The van der Waals surface area contributed by atoms with E-state index in [1.807, 2.05) is 23.6 Å². The Morgan fingerprint density at radius 2 is 2.15 bits per heavy atom. The van der Waals surface area contributed by atoms with Crippen molar-refractivity contribution in [1.82, 2.24) is 5.32 Å². The first-order chi connectivity index (χ1) is 9.56. The van der Waals surface area contributed by atoms with Crippen LogP contribution < -0.4 is 5.32 Å². The Bertz CT molecular complexity index is 587. The zero-order valence-electron chi connectivity index (χ0n) is 10.5. The Balaban J connectivity index is 2.07. The quantitative estimate of drug-likeness (QED) is 0.827. The average molecular weight is 330 g/mol. The third kappa shape index (κ3) is 4.21. The van der Waals surface area contributed by atoms with E-state index in [1.54, 1.807) is 12.1 Å². The van der Waals surface area contributed by atoms with Crippen LogP contribution in [0.3, 0.4) is 0 Å². The van der Waals surface area contributed by atoms with Crippen LogP contribution in [0.1, 0.15) is 22.9 Å². The smallest absolute Gasteiger partial charge is 0.305 e. The summed E-state index contributed by atoms with van der Waals surface area (Å²) in [4.78, 5) is 11.9. The molecule has 0 saturated carbocycles. The summed E-state index contributed by atoms with van der Waals surface area (Å²) in [6.07, 6.45) is 0.0335. The number of carboxylic acid groups (broad SMARTS) is 1. The molecule has 3 nitrogen and oxygen atoms in total. The molecule has 2 N–H and O–H groups in total. The van der Waals surface area contributed by atoms with Gasteiger partial charge < -0.3 is 10.4 Å². The predicted molar refractivity (Wildman–Crippen MR) is 82.6 cm³/mol. The molecule has 0 fully saturated rings. The highest BCUT2D eigenvalue weighted by Gasteiger charge is 2.16. The number of aliphatic carboxylic acids is 1. The predicted octanol–water partition coefficient (Wildman–Crippen LogP) is 4.36. The van der Waals surface area contributed by atoms with Gasteiger partial charge in [0.2, 0.25) is 0 Å². The molecule has 0 aliphatic carbocycles. The molecule has 1 unspecified atom stereocenters. The molecule has 106 valence electrons. The normalized spacial score (nSPS) is 12.3. The van der Waals surface area contributed by atoms with Crippen molar-refractivity contribution in [3.63, 3.8) is 0 Å². The van der Waals surface area contributed by atoms with E-state index in [-0.39, 0.29) is 12.5 Å². The highest BCUT2D eigenvalue weighted by molar-refractivity contribution is 7.10. The van der Waals surface area contributed by atoms with Gasteiger partial charge in [-0.2, -0.15) is 0 Å². The van der Waals surface area contributed by atoms with Gasteiger partial charge in [-0.25, -0.2) is 0 Å². The molecule has 0 radical (unpaired) electrons. The summed E-state index contributed by atoms with van der Waals surface area (Å²) in [5.74, 6) is -0.835. The van der Waals surface area contributed by atoms with E-state index in [0.29, 0.717) is 16.6 Å². The van der Waals surface area contributed by atoms with Crippen molar-refractivity contribution in [3.05, 3.63) is 56.2 Å². The van der Waals surface area contributed by atoms with E-state index in [9.17, 15) is 4.79 Å². The first-order valence-electron chi connectivity index (χ1n) is 5.99. The molecule has 0 aliphatic rings. The number of carbonyl (C=O) groups is 1. The number of hydrogen-bond donors (Lipinski definition) is 2. The summed E-state index contributed by atoms with van der Waals surface area (Å²) in [5, 5.41) is 15.3. The molecule has 0 bridgehead atoms. The molecular formula is C14H13Cl2NO2S. The molecule has 2 rings (SSSR count). The third-order valence-corrected chi connectivity index (χ3v) is 4.39. The van der Waals surface area contributed by atoms with Gasteiger partial charge in [0.1, 0.15) is 0 Å². The molecule has 2 aromatic rings. The van der Waals surface area contributed by atoms with E-state index in [2.05, 4.69) is 5.32 Å². The van der Waals surface area contributed by atoms with Gasteiger partial charge in [0.15, 0.2) is 0 Å². The summed E-state index contributed by atoms with van der Waals surface area (Å²) < 4.78 is 0. The van der Waals surface area contributed by atoms with Gasteiger partial charge in [0, 0.05) is 21.5 Å². The van der Waals surface area contributed by atoms with Gasteiger partial charge in [-0.1, -0.05) is 35.3 Å². The Morgan fingerprint density at radius 3 is 2.75 bits per heavy atom. The van der Waals surface area contributed by atoms with Crippen molar-refractivity contribution in [2.24, 2.45) is 0 Å². The van der Waals surface area contributed by atoms with Gasteiger partial charge in [-0.3, -0.25) is 4.79 Å². The Morgan fingerprint density at radius 1 is 1.35 bits per heavy atom. The van der Waals surface area contributed by atoms with E-state index in [0.717, 1.165) is 10.4 Å². The average Bonchev–Trinajstić information content (AvgIpc) is 2.89. The number of benzene rings is 1. The number of halogens is 2. The fourth-order valence-electron chi connectivity index (χ4n) is 1.84. The summed E-state index contributed by atoms with van der Waals surface area (Å²) in [6, 6.07) is 8.89. The van der Waals surface area contributed by atoms with E-state index < -0.39 is 5.97 Å². The monoisotopic (exact) mass is 329 g/mol. The third-order valence-electron chi connectivity index (χ3n) is 2.82. The first kappa shape index (κ1) is 15.3. The molecule has 0 amide bonds. The van der Waals surface area contributed by atoms with Crippen LogP contribution in [0.2, 0.25) is 10.0 Å². The van der Waals surface area contributed by atoms with Gasteiger partial charge >= 0.3 is 5.97 Å². The minimum Gasteiger partial charge on any atom is -0.481 e. The van der Waals surface area contributed by atoms with Crippen molar-refractivity contribution in [1.29, 1.82) is 0 Å². The fourth-order valence-corrected chi connectivity index (χ4v) is 3.11. The lowest BCUT2D eigenvalue weighted by atomic mass is 10.1. The Hall–Kier alpha value is -1.07. The van der Waals surface area contributed by atoms with Crippen LogP contribution in [0.25, 0.3) is 0 Å². The SMILES string of the molecule is O=C(O)CC(NCc1ccc(Cl)cc1Cl)c1cccs1. The molecule has 6 heteroatoms. The number of thiophene rings is 1. The minimum absolute atomic E-state index is 0.0335. The van der Waals surface area contributed by atoms with Crippen LogP contribution in [0.5, 0.6) is 0 Å². The van der Waals surface area contributed by atoms with Crippen molar-refractivity contribution in [3.8, 4) is 0 Å². The summed E-state index contributed by atoms with van der Waals surface area (Å²) in [7, 11) is 0. The zero-order chi connectivity index (χ0) is 14.5. The maximum Gasteiger partial charge on any atom is 0.305 e. The number of hydrogen-bond acceptors (Lipinski definition) is 3. The molecule has 1 atom stereocenters. The molecular weight excluding hydrogens is 317 g/mol. The maximum atomic E-state index is 10.9. The molecule has 0 saturated heterocycles. The Labute approximate surface area is 131 Å². The summed E-state index contributed by atoms with van der Waals surface area (Å²) >= 11 is 13.5. The second-order valence-corrected chi connectivity index (χ2v) is 6.11. The second-order valence-electron chi connectivity index (χ2n) is 4.28. The standard InChI is InChI=1S/C14H13Cl2NO2S/c15-10-4-3-9(11(16)6-10)8-17-12(7-14(18)19)13-2-1-5-20-13/h1-6,12,17H,7-8H2,(H,18,19). The van der Waals surface area contributed by atoms with Crippen LogP contribution >= 0.6 is 34.5 Å². The van der Waals surface area contributed by atoms with Crippen molar-refractivity contribution in [2.75, 3.05) is 0 Å². The van der Waals surface area contributed by atoms with Crippen LogP contribution in [0.15, 0.2) is 35.7 Å². The van der Waals surface area contributed by atoms with Gasteiger partial charge in [-0.15, -0.1) is 11.3 Å². The summed E-state index contributed by atoms with van der Waals surface area (Å²) in [6.45, 7) is 0.492. The second kappa shape index (κ2) is 7.09. The minimum atomic E-state index is -0.835. The number of carboxylic acids is 1. The van der Waals surface area contributed by atoms with Crippen LogP contribution in [-0.2, 0) is 11.3 Å². The highest BCUT2D eigenvalue weighted by Crippen LogP contribution is 2.25. The van der Waals surface area contributed by atoms with Crippen LogP contribution in [0, 0.1) is 0 Å². The zero-order valence-corrected chi connectivity index (χ0v) is 12.8. The van der Waals surface area contributed by atoms with E-state index in [1.165, 1.54) is 11.3 Å². The first-order valence-corrected chi connectivity index (χ1v) is 7.62. The summed E-state index contributed by atoms with van der Waals surface area (Å²) in [5.41, 5.74) is 0.892. The lowest BCUT2D eigenvalue weighted by Crippen LogP contribution is -2.23. The number of nitrogens with one attached hydrogen (secondary N) is 1. The molecule has 0 aliphatic heterocycles. The largest absolute Gasteiger partial charge is 0.481 e.